The van der Waals surface area contributed by atoms with Crippen molar-refractivity contribution in [2.45, 2.75) is 0 Å². The molecule has 0 aromatic heterocycles. The van der Waals surface area contributed by atoms with Crippen LogP contribution in [0.25, 0.3) is 4.85 Å². The van der Waals surface area contributed by atoms with Gasteiger partial charge in [-0.15, -0.1) is 5.34 Å². The fourth-order valence-corrected chi connectivity index (χ4v) is 0. The maximum Gasteiger partial charge on any atom is 1.00 e. The number of hydrogen-bond donors (Lipinski definition) is 1. The van der Waals surface area contributed by atoms with Crippen LogP contribution in [-0.2, 0) is 0 Å². The molecule has 0 rings (SSSR count). The zero-order valence-corrected chi connectivity index (χ0v) is 8.68. The SMILES string of the molecule is C#[N+]C.CN.F.F.O=N[O-].[Na+]. The first-order valence-corrected chi connectivity index (χ1v) is 1.65. The van der Waals surface area contributed by atoms with Crippen LogP contribution in [0, 0.1) is 16.7 Å². The third-order valence-electron chi connectivity index (χ3n) is 0. The van der Waals surface area contributed by atoms with Crippen molar-refractivity contribution in [2.75, 3.05) is 14.1 Å². The first-order chi connectivity index (χ1) is 3.83. The minimum absolute atomic E-state index is 0. The molecule has 0 aliphatic heterocycles. The van der Waals surface area contributed by atoms with E-state index in [-0.39, 0.29) is 39.0 Å². The molecule has 0 unspecified atom stereocenters. The Morgan fingerprint density at radius 3 is 1.45 bits per heavy atom. The van der Waals surface area contributed by atoms with E-state index in [0.717, 1.165) is 5.34 Å². The third kappa shape index (κ3) is 6860. The third-order valence-corrected chi connectivity index (χ3v) is 0. The van der Waals surface area contributed by atoms with Crippen LogP contribution in [-0.4, -0.2) is 14.1 Å². The van der Waals surface area contributed by atoms with Crippen molar-refractivity contribution >= 4 is 0 Å². The number of hydrogen-bond acceptors (Lipinski definition) is 4. The smallest absolute Gasteiger partial charge is 0.444 e. The average molecular weight is 182 g/mol. The van der Waals surface area contributed by atoms with E-state index in [9.17, 15) is 0 Å². The molecule has 0 saturated carbocycles. The molecule has 2 N–H and O–H groups in total. The molecule has 0 aliphatic carbocycles. The van der Waals surface area contributed by atoms with Gasteiger partial charge in [-0.25, -0.2) is 0 Å². The minimum Gasteiger partial charge on any atom is -0.444 e. The number of nitrogens with zero attached hydrogens (tertiary/aromatic N) is 2. The van der Waals surface area contributed by atoms with Gasteiger partial charge in [0.1, 0.15) is 0 Å². The van der Waals surface area contributed by atoms with Gasteiger partial charge in [0.15, 0.2) is 0 Å². The summed E-state index contributed by atoms with van der Waals surface area (Å²) in [5.41, 5.74) is 4.50. The second kappa shape index (κ2) is 252. The molecule has 0 aromatic rings. The number of halogens is 2. The van der Waals surface area contributed by atoms with Gasteiger partial charge in [0.2, 0.25) is 0 Å². The predicted molar refractivity (Wildman–Crippen MR) is 38.5 cm³/mol. The first kappa shape index (κ1) is 45.5. The van der Waals surface area contributed by atoms with Crippen LogP contribution in [0.4, 0.5) is 9.41 Å². The Labute approximate surface area is 85.7 Å². The molecule has 0 aromatic carbocycles. The summed E-state index contributed by atoms with van der Waals surface area (Å²) in [5.74, 6) is 0. The van der Waals surface area contributed by atoms with Gasteiger partial charge in [0.25, 0.3) is 13.6 Å². The van der Waals surface area contributed by atoms with Crippen molar-refractivity contribution in [3.05, 3.63) is 15.0 Å². The Morgan fingerprint density at radius 1 is 1.45 bits per heavy atom. The molecule has 0 amide bonds. The van der Waals surface area contributed by atoms with Gasteiger partial charge in [0.05, 0.1) is 0 Å². The van der Waals surface area contributed by atoms with Gasteiger partial charge < -0.3 is 15.8 Å². The molecular weight excluding hydrogens is 171 g/mol. The summed E-state index contributed by atoms with van der Waals surface area (Å²) in [5, 5.41) is 9.00. The largest absolute Gasteiger partial charge is 1.00 e. The fraction of sp³-hybridized carbons (Fsp3) is 0.667. The van der Waals surface area contributed by atoms with Gasteiger partial charge >= 0.3 is 29.6 Å². The molecule has 0 heterocycles. The molecule has 0 saturated heterocycles. The first-order valence-electron chi connectivity index (χ1n) is 1.65. The van der Waals surface area contributed by atoms with Crippen molar-refractivity contribution in [3.8, 4) is 6.57 Å². The maximum atomic E-state index is 8.00. The Balaban J connectivity index is -0.00000000764. The molecule has 0 atom stereocenters. The quantitative estimate of drug-likeness (QED) is 0.260. The molecule has 0 spiro atoms. The zero-order chi connectivity index (χ0) is 7.41. The molecule has 64 valence electrons. The summed E-state index contributed by atoms with van der Waals surface area (Å²) >= 11 is 0. The molecule has 8 heteroatoms. The molecular formula is C3H11F2N3NaO2+. The Bertz CT molecular complexity index is 70.1. The maximum absolute atomic E-state index is 8.00. The topological polar surface area (TPSA) is 82.9 Å². The van der Waals surface area contributed by atoms with Gasteiger partial charge in [-0.3, -0.25) is 9.41 Å². The van der Waals surface area contributed by atoms with Crippen molar-refractivity contribution in [2.24, 2.45) is 11.1 Å². The van der Waals surface area contributed by atoms with Crippen LogP contribution >= 0.6 is 0 Å². The van der Waals surface area contributed by atoms with Crippen LogP contribution < -0.4 is 35.3 Å². The van der Waals surface area contributed by atoms with E-state index < -0.39 is 0 Å². The summed E-state index contributed by atoms with van der Waals surface area (Å²) < 4.78 is 0. The molecule has 5 nitrogen and oxygen atoms in total. The summed E-state index contributed by atoms with van der Waals surface area (Å²) in [4.78, 5) is 11.0. The summed E-state index contributed by atoms with van der Waals surface area (Å²) in [6.45, 7) is 4.47. The zero-order valence-electron chi connectivity index (χ0n) is 6.68. The van der Waals surface area contributed by atoms with E-state index in [1.165, 1.54) is 14.1 Å². The van der Waals surface area contributed by atoms with Crippen LogP contribution in [0.5, 0.6) is 0 Å². The van der Waals surface area contributed by atoms with Gasteiger partial charge in [-0.2, -0.15) is 0 Å². The Kier molecular flexibility index (Phi) is 1040. The normalized spacial score (nSPS) is 2.36. The summed E-state index contributed by atoms with van der Waals surface area (Å²) in [6, 6.07) is 0. The monoisotopic (exact) mass is 182 g/mol. The van der Waals surface area contributed by atoms with Crippen LogP contribution in [0.15, 0.2) is 5.34 Å². The Morgan fingerprint density at radius 2 is 1.45 bits per heavy atom. The van der Waals surface area contributed by atoms with Crippen molar-refractivity contribution in [1.29, 1.82) is 0 Å². The van der Waals surface area contributed by atoms with Crippen molar-refractivity contribution < 1.29 is 39.0 Å². The van der Waals surface area contributed by atoms with Gasteiger partial charge in [-0.05, 0) is 7.05 Å². The van der Waals surface area contributed by atoms with Crippen LogP contribution in [0.1, 0.15) is 0 Å². The van der Waals surface area contributed by atoms with E-state index in [1.54, 1.807) is 0 Å². The Hall–Kier alpha value is -0.290. The molecule has 0 bridgehead atoms. The average Bonchev–Trinajstić information content (AvgIpc) is 1.75. The number of rotatable bonds is 0. The fourth-order valence-electron chi connectivity index (χ4n) is 0. The molecule has 0 aliphatic rings. The molecule has 0 fully saturated rings. The minimum atomic E-state index is 0. The van der Waals surface area contributed by atoms with Gasteiger partial charge in [-0.1, -0.05) is 4.85 Å². The summed E-state index contributed by atoms with van der Waals surface area (Å²) in [6.07, 6.45) is 0. The van der Waals surface area contributed by atoms with Crippen LogP contribution in [0.3, 0.4) is 0 Å². The summed E-state index contributed by atoms with van der Waals surface area (Å²) in [7, 11) is 3.03. The second-order valence-electron chi connectivity index (χ2n) is 0.333. The van der Waals surface area contributed by atoms with Crippen molar-refractivity contribution in [1.82, 2.24) is 0 Å². The van der Waals surface area contributed by atoms with Crippen LogP contribution in [0.2, 0.25) is 0 Å². The molecule has 0 radical (unpaired) electrons. The van der Waals surface area contributed by atoms with E-state index in [4.69, 9.17) is 10.1 Å². The van der Waals surface area contributed by atoms with E-state index >= 15 is 0 Å². The predicted octanol–water partition coefficient (Wildman–Crippen LogP) is -2.29. The second-order valence-corrected chi connectivity index (χ2v) is 0.333. The van der Waals surface area contributed by atoms with E-state index in [1.807, 2.05) is 0 Å². The van der Waals surface area contributed by atoms with Gasteiger partial charge in [0, 0.05) is 0 Å². The standard InChI is InChI=1S/C2H4N.CH5N.2FH.HNO2.Na/c1-3-2;1-2;;;2-1-3;/h1H,2H3;2H2,1H3;2*1H;(H,2,3);/q+1;;;;;+1/p-1. The number of nitrogens with two attached hydrogens (primary N) is 1. The van der Waals surface area contributed by atoms with E-state index in [0.29, 0.717) is 0 Å². The molecule has 11 heavy (non-hydrogen) atoms. The van der Waals surface area contributed by atoms with Crippen molar-refractivity contribution in [3.63, 3.8) is 0 Å². The van der Waals surface area contributed by atoms with E-state index in [2.05, 4.69) is 17.2 Å².